The zero-order valence-corrected chi connectivity index (χ0v) is 18.7. The van der Waals surface area contributed by atoms with E-state index in [4.69, 9.17) is 23.7 Å². The first-order valence-electron chi connectivity index (χ1n) is 9.90. The number of ether oxygens (including phenoxy) is 5. The van der Waals surface area contributed by atoms with Gasteiger partial charge in [0.1, 0.15) is 17.2 Å². The summed E-state index contributed by atoms with van der Waals surface area (Å²) in [6, 6.07) is 19.1. The highest BCUT2D eigenvalue weighted by atomic mass is 16.5. The molecule has 0 atom stereocenters. The fourth-order valence-electron chi connectivity index (χ4n) is 3.11. The molecule has 0 aromatic heterocycles. The first kappa shape index (κ1) is 23.2. The van der Waals surface area contributed by atoms with Gasteiger partial charge in [0.05, 0.1) is 45.6 Å². The lowest BCUT2D eigenvalue weighted by atomic mass is 10.0. The van der Waals surface area contributed by atoms with E-state index in [1.165, 1.54) is 21.3 Å². The van der Waals surface area contributed by atoms with Crippen LogP contribution in [0.15, 0.2) is 60.7 Å². The van der Waals surface area contributed by atoms with Crippen molar-refractivity contribution in [2.24, 2.45) is 0 Å². The Morgan fingerprint density at radius 3 is 2.06 bits per heavy atom. The molecule has 0 aliphatic carbocycles. The van der Waals surface area contributed by atoms with Crippen LogP contribution in [0.1, 0.15) is 21.5 Å². The van der Waals surface area contributed by atoms with E-state index in [0.29, 0.717) is 45.4 Å². The summed E-state index contributed by atoms with van der Waals surface area (Å²) in [6.07, 6.45) is 1.70. The van der Waals surface area contributed by atoms with Crippen LogP contribution in [0.3, 0.4) is 0 Å². The highest BCUT2D eigenvalue weighted by molar-refractivity contribution is 5.93. The number of esters is 1. The van der Waals surface area contributed by atoms with Gasteiger partial charge >= 0.3 is 5.97 Å². The molecule has 0 aliphatic heterocycles. The molecule has 0 saturated carbocycles. The van der Waals surface area contributed by atoms with Crippen molar-refractivity contribution in [1.82, 2.24) is 0 Å². The van der Waals surface area contributed by atoms with Crippen molar-refractivity contribution in [3.05, 3.63) is 77.4 Å². The van der Waals surface area contributed by atoms with Crippen molar-refractivity contribution in [2.75, 3.05) is 28.4 Å². The standard InChI is InChI=1S/C26H23NO6/c1-29-22-12-19(13-23(15-22)30-2)26(28)33-21-7-5-6-17(11-21)10-20(16-27)18-8-9-24(31-3)25(14-18)32-4/h5-15H,1-4H3/b20-10-. The van der Waals surface area contributed by atoms with Gasteiger partial charge < -0.3 is 23.7 Å². The molecular formula is C26H23NO6. The zero-order chi connectivity index (χ0) is 23.8. The maximum atomic E-state index is 12.7. The molecular weight excluding hydrogens is 422 g/mol. The molecule has 0 amide bonds. The quantitative estimate of drug-likeness (QED) is 0.209. The van der Waals surface area contributed by atoms with Gasteiger partial charge in [-0.15, -0.1) is 0 Å². The third kappa shape index (κ3) is 5.63. The second kappa shape index (κ2) is 10.7. The van der Waals surface area contributed by atoms with Crippen LogP contribution in [-0.2, 0) is 0 Å². The van der Waals surface area contributed by atoms with Gasteiger partial charge in [0, 0.05) is 6.07 Å². The number of benzene rings is 3. The van der Waals surface area contributed by atoms with E-state index < -0.39 is 5.97 Å². The van der Waals surface area contributed by atoms with Gasteiger partial charge in [-0.1, -0.05) is 12.1 Å². The summed E-state index contributed by atoms with van der Waals surface area (Å²) in [7, 11) is 6.09. The highest BCUT2D eigenvalue weighted by Crippen LogP contribution is 2.31. The zero-order valence-electron chi connectivity index (χ0n) is 18.7. The van der Waals surface area contributed by atoms with Crippen molar-refractivity contribution in [2.45, 2.75) is 0 Å². The van der Waals surface area contributed by atoms with E-state index in [1.54, 1.807) is 67.8 Å². The fourth-order valence-corrected chi connectivity index (χ4v) is 3.11. The van der Waals surface area contributed by atoms with Gasteiger partial charge in [0.25, 0.3) is 0 Å². The van der Waals surface area contributed by atoms with Crippen molar-refractivity contribution >= 4 is 17.6 Å². The Kier molecular flexibility index (Phi) is 7.55. The molecule has 0 heterocycles. The van der Waals surface area contributed by atoms with Crippen LogP contribution < -0.4 is 23.7 Å². The number of methoxy groups -OCH3 is 4. The monoisotopic (exact) mass is 445 g/mol. The van der Waals surface area contributed by atoms with Crippen LogP contribution in [0.5, 0.6) is 28.7 Å². The number of hydrogen-bond acceptors (Lipinski definition) is 7. The van der Waals surface area contributed by atoms with E-state index in [1.807, 2.05) is 6.07 Å². The summed E-state index contributed by atoms with van der Waals surface area (Å²) in [5.41, 5.74) is 2.06. The van der Waals surface area contributed by atoms with Gasteiger partial charge in [0.2, 0.25) is 0 Å². The SMILES string of the molecule is COc1cc(OC)cc(C(=O)Oc2cccc(/C=C(/C#N)c3ccc(OC)c(OC)c3)c2)c1. The Balaban J connectivity index is 1.87. The Labute approximate surface area is 192 Å². The van der Waals surface area contributed by atoms with Gasteiger partial charge in [-0.3, -0.25) is 0 Å². The summed E-state index contributed by atoms with van der Waals surface area (Å²) < 4.78 is 26.5. The molecule has 3 aromatic rings. The molecule has 0 saturated heterocycles. The van der Waals surface area contributed by atoms with Crippen LogP contribution >= 0.6 is 0 Å². The molecule has 0 spiro atoms. The first-order valence-corrected chi connectivity index (χ1v) is 9.90. The lowest BCUT2D eigenvalue weighted by molar-refractivity contribution is 0.0734. The summed E-state index contributed by atoms with van der Waals surface area (Å²) in [6.45, 7) is 0. The maximum Gasteiger partial charge on any atom is 0.343 e. The lowest BCUT2D eigenvalue weighted by Crippen LogP contribution is -2.09. The topological polar surface area (TPSA) is 87.0 Å². The Bertz CT molecular complexity index is 1200. The van der Waals surface area contributed by atoms with Gasteiger partial charge in [-0.25, -0.2) is 4.79 Å². The number of allylic oxidation sites excluding steroid dienone is 1. The summed E-state index contributed by atoms with van der Waals surface area (Å²) in [5.74, 6) is 1.82. The molecule has 7 heteroatoms. The molecule has 168 valence electrons. The average molecular weight is 445 g/mol. The van der Waals surface area contributed by atoms with E-state index >= 15 is 0 Å². The molecule has 3 aromatic carbocycles. The predicted octanol–water partition coefficient (Wildman–Crippen LogP) is 5.00. The van der Waals surface area contributed by atoms with E-state index in [2.05, 4.69) is 6.07 Å². The van der Waals surface area contributed by atoms with Gasteiger partial charge in [0.15, 0.2) is 11.5 Å². The molecule has 7 nitrogen and oxygen atoms in total. The van der Waals surface area contributed by atoms with Crippen LogP contribution in [0.2, 0.25) is 0 Å². The maximum absolute atomic E-state index is 12.7. The van der Waals surface area contributed by atoms with E-state index in [0.717, 1.165) is 0 Å². The minimum atomic E-state index is -0.561. The Morgan fingerprint density at radius 1 is 0.758 bits per heavy atom. The average Bonchev–Trinajstić information content (AvgIpc) is 2.86. The third-order valence-electron chi connectivity index (χ3n) is 4.78. The van der Waals surface area contributed by atoms with Crippen molar-refractivity contribution in [1.29, 1.82) is 5.26 Å². The van der Waals surface area contributed by atoms with Crippen molar-refractivity contribution < 1.29 is 28.5 Å². The van der Waals surface area contributed by atoms with Gasteiger partial charge in [-0.05, 0) is 59.7 Å². The van der Waals surface area contributed by atoms with Crippen LogP contribution in [0, 0.1) is 11.3 Å². The minimum Gasteiger partial charge on any atom is -0.497 e. The Morgan fingerprint density at radius 2 is 1.45 bits per heavy atom. The Hall–Kier alpha value is -4.44. The molecule has 0 radical (unpaired) electrons. The normalized spacial score (nSPS) is 10.7. The predicted molar refractivity (Wildman–Crippen MR) is 124 cm³/mol. The molecule has 3 rings (SSSR count). The van der Waals surface area contributed by atoms with E-state index in [-0.39, 0.29) is 5.56 Å². The number of nitrogens with zero attached hydrogens (tertiary/aromatic N) is 1. The molecule has 0 N–H and O–H groups in total. The highest BCUT2D eigenvalue weighted by Gasteiger charge is 2.13. The third-order valence-corrected chi connectivity index (χ3v) is 4.78. The fraction of sp³-hybridized carbons (Fsp3) is 0.154. The number of carbonyl (C=O) groups is 1. The van der Waals surface area contributed by atoms with Crippen molar-refractivity contribution in [3.63, 3.8) is 0 Å². The van der Waals surface area contributed by atoms with Gasteiger partial charge in [-0.2, -0.15) is 5.26 Å². The van der Waals surface area contributed by atoms with Crippen molar-refractivity contribution in [3.8, 4) is 34.8 Å². The number of hydrogen-bond donors (Lipinski definition) is 0. The van der Waals surface area contributed by atoms with Crippen LogP contribution in [0.25, 0.3) is 11.6 Å². The smallest absolute Gasteiger partial charge is 0.343 e. The number of nitriles is 1. The summed E-state index contributed by atoms with van der Waals surface area (Å²) in [5, 5.41) is 9.69. The number of carbonyl (C=O) groups excluding carboxylic acids is 1. The van der Waals surface area contributed by atoms with E-state index in [9.17, 15) is 10.1 Å². The largest absolute Gasteiger partial charge is 0.497 e. The molecule has 0 fully saturated rings. The summed E-state index contributed by atoms with van der Waals surface area (Å²) >= 11 is 0. The second-order valence-corrected chi connectivity index (χ2v) is 6.80. The second-order valence-electron chi connectivity index (χ2n) is 6.80. The minimum absolute atomic E-state index is 0.287. The van der Waals surface area contributed by atoms with Crippen LogP contribution in [0.4, 0.5) is 0 Å². The molecule has 0 bridgehead atoms. The molecule has 0 aliphatic rings. The lowest BCUT2D eigenvalue weighted by Gasteiger charge is -2.10. The molecule has 0 unspecified atom stereocenters. The first-order chi connectivity index (χ1) is 16.0. The summed E-state index contributed by atoms with van der Waals surface area (Å²) in [4.78, 5) is 12.7. The number of rotatable bonds is 8. The van der Waals surface area contributed by atoms with Crippen LogP contribution in [-0.4, -0.2) is 34.4 Å². The molecule has 33 heavy (non-hydrogen) atoms.